The Kier molecular flexibility index (Phi) is 5.89. The molecule has 3 aromatic rings. The molecule has 7 nitrogen and oxygen atoms in total. The number of carboxylic acid groups (broad SMARTS) is 1. The summed E-state index contributed by atoms with van der Waals surface area (Å²) in [5, 5.41) is 12.1. The maximum atomic E-state index is 13.7. The van der Waals surface area contributed by atoms with E-state index in [1.807, 2.05) is 4.90 Å². The summed E-state index contributed by atoms with van der Waals surface area (Å²) in [6.07, 6.45) is -0.336. The number of alkyl halides is 3. The number of anilines is 2. The topological polar surface area (TPSA) is 95.7 Å². The molecule has 2 fully saturated rings. The smallest absolute Gasteiger partial charge is 0.416 e. The molecule has 0 unspecified atom stereocenters. The molecule has 36 heavy (non-hydrogen) atoms. The van der Waals surface area contributed by atoms with Crippen LogP contribution in [0.15, 0.2) is 39.5 Å². The second kappa shape index (κ2) is 8.69. The van der Waals surface area contributed by atoms with Gasteiger partial charge in [0.15, 0.2) is 17.0 Å². The number of hydrogen-bond donors (Lipinski definition) is 2. The molecule has 0 amide bonds. The number of carbonyl (C=O) groups is 1. The molecule has 0 radical (unpaired) electrons. The van der Waals surface area contributed by atoms with E-state index in [-0.39, 0.29) is 33.1 Å². The van der Waals surface area contributed by atoms with Gasteiger partial charge >= 0.3 is 12.1 Å². The van der Waals surface area contributed by atoms with E-state index in [2.05, 4.69) is 10.3 Å². The maximum Gasteiger partial charge on any atom is 0.416 e. The zero-order valence-electron chi connectivity index (χ0n) is 19.3. The molecule has 1 aromatic carbocycles. The van der Waals surface area contributed by atoms with Crippen LogP contribution in [0.3, 0.4) is 0 Å². The Morgan fingerprint density at radius 2 is 1.89 bits per heavy atom. The summed E-state index contributed by atoms with van der Waals surface area (Å²) in [4.78, 5) is 30.4. The van der Waals surface area contributed by atoms with Gasteiger partial charge in [0.25, 0.3) is 0 Å². The first-order valence-corrected chi connectivity index (χ1v) is 11.9. The molecule has 1 spiro atoms. The minimum Gasteiger partial charge on any atom is -0.476 e. The van der Waals surface area contributed by atoms with Gasteiger partial charge in [-0.15, -0.1) is 0 Å². The van der Waals surface area contributed by atoms with Crippen LogP contribution in [0.5, 0.6) is 0 Å². The standard InChI is InChI=1S/C25H23ClF3N3O4/c1-13(30-17-2-3-19(26)31-21(17)23(34)35)15-10-14(25(27,28)29)11-16-18(33)12-20(36-22(15)16)32-8-6-24(4-5-24)7-9-32/h2-3,10-13,30H,4-9H2,1H3,(H,34,35)/t13-/m1/s1. The quantitative estimate of drug-likeness (QED) is 0.391. The average molecular weight is 522 g/mol. The normalized spacial score (nSPS) is 17.9. The van der Waals surface area contributed by atoms with Crippen LogP contribution >= 0.6 is 11.6 Å². The fourth-order valence-electron chi connectivity index (χ4n) is 4.82. The molecule has 3 heterocycles. The molecule has 2 aliphatic rings. The van der Waals surface area contributed by atoms with Crippen LogP contribution in [0, 0.1) is 5.41 Å². The number of benzene rings is 1. The van der Waals surface area contributed by atoms with Gasteiger partial charge in [-0.05, 0) is 62.3 Å². The summed E-state index contributed by atoms with van der Waals surface area (Å²) < 4.78 is 47.2. The predicted molar refractivity (Wildman–Crippen MR) is 129 cm³/mol. The molecule has 1 atom stereocenters. The molecule has 2 N–H and O–H groups in total. The number of rotatable bonds is 5. The van der Waals surface area contributed by atoms with E-state index in [1.54, 1.807) is 6.92 Å². The highest BCUT2D eigenvalue weighted by Crippen LogP contribution is 2.54. The third-order valence-electron chi connectivity index (χ3n) is 7.17. The van der Waals surface area contributed by atoms with Gasteiger partial charge in [0.2, 0.25) is 0 Å². The molecule has 5 rings (SSSR count). The Bertz CT molecular complexity index is 1410. The number of nitrogens with one attached hydrogen (secondary N) is 1. The SMILES string of the molecule is C[C@@H](Nc1ccc(Cl)nc1C(=O)O)c1cc(C(F)(F)F)cc2c(=O)cc(N3CCC4(CC3)CC4)oc12. The molecule has 190 valence electrons. The first kappa shape index (κ1) is 24.4. The lowest BCUT2D eigenvalue weighted by Crippen LogP contribution is -2.34. The van der Waals surface area contributed by atoms with E-state index < -0.39 is 29.2 Å². The molecular formula is C25H23ClF3N3O4. The van der Waals surface area contributed by atoms with Crippen LogP contribution in [-0.2, 0) is 6.18 Å². The van der Waals surface area contributed by atoms with Crippen LogP contribution in [0.25, 0.3) is 11.0 Å². The third-order valence-corrected chi connectivity index (χ3v) is 7.38. The minimum atomic E-state index is -4.70. The maximum absolute atomic E-state index is 13.7. The fraction of sp³-hybridized carbons (Fsp3) is 0.400. The molecular weight excluding hydrogens is 499 g/mol. The third kappa shape index (κ3) is 4.61. The van der Waals surface area contributed by atoms with E-state index in [0.717, 1.165) is 25.0 Å². The van der Waals surface area contributed by atoms with Crippen molar-refractivity contribution in [3.05, 3.63) is 62.5 Å². The van der Waals surface area contributed by atoms with E-state index in [9.17, 15) is 27.9 Å². The molecule has 0 bridgehead atoms. The Balaban J connectivity index is 1.59. The zero-order chi connectivity index (χ0) is 25.8. The molecule has 2 aromatic heterocycles. The van der Waals surface area contributed by atoms with E-state index >= 15 is 0 Å². The molecule has 1 aliphatic carbocycles. The number of pyridine rings is 1. The highest BCUT2D eigenvalue weighted by atomic mass is 35.5. The van der Waals surface area contributed by atoms with Crippen molar-refractivity contribution >= 4 is 40.1 Å². The zero-order valence-corrected chi connectivity index (χ0v) is 20.0. The van der Waals surface area contributed by atoms with Crippen molar-refractivity contribution < 1.29 is 27.5 Å². The predicted octanol–water partition coefficient (Wildman–Crippen LogP) is 6.11. The van der Waals surface area contributed by atoms with Crippen LogP contribution in [-0.4, -0.2) is 29.1 Å². The number of halogens is 4. The van der Waals surface area contributed by atoms with E-state index in [4.69, 9.17) is 16.0 Å². The van der Waals surface area contributed by atoms with Gasteiger partial charge in [0.1, 0.15) is 10.7 Å². The Hall–Kier alpha value is -3.27. The van der Waals surface area contributed by atoms with Gasteiger partial charge in [-0.2, -0.15) is 13.2 Å². The monoisotopic (exact) mass is 521 g/mol. The van der Waals surface area contributed by atoms with Gasteiger partial charge in [0.05, 0.1) is 22.7 Å². The van der Waals surface area contributed by atoms with Crippen LogP contribution in [0.2, 0.25) is 5.15 Å². The van der Waals surface area contributed by atoms with Crippen LogP contribution < -0.4 is 15.6 Å². The van der Waals surface area contributed by atoms with Crippen molar-refractivity contribution in [1.29, 1.82) is 0 Å². The molecule has 1 saturated heterocycles. The number of aromatic nitrogens is 1. The van der Waals surface area contributed by atoms with Gasteiger partial charge in [-0.1, -0.05) is 11.6 Å². The minimum absolute atomic E-state index is 0.0241. The highest BCUT2D eigenvalue weighted by molar-refractivity contribution is 6.29. The van der Waals surface area contributed by atoms with Gasteiger partial charge < -0.3 is 19.7 Å². The van der Waals surface area contributed by atoms with E-state index in [1.165, 1.54) is 31.0 Å². The Labute approximate surface area is 208 Å². The number of nitrogens with zero attached hydrogens (tertiary/aromatic N) is 2. The summed E-state index contributed by atoms with van der Waals surface area (Å²) in [7, 11) is 0. The number of fused-ring (bicyclic) bond motifs is 1. The lowest BCUT2D eigenvalue weighted by Gasteiger charge is -2.32. The second-order valence-corrected chi connectivity index (χ2v) is 9.96. The lowest BCUT2D eigenvalue weighted by molar-refractivity contribution is -0.137. The van der Waals surface area contributed by atoms with E-state index in [0.29, 0.717) is 24.4 Å². The second-order valence-electron chi connectivity index (χ2n) is 9.58. The summed E-state index contributed by atoms with van der Waals surface area (Å²) in [6.45, 7) is 2.97. The molecule has 1 aliphatic heterocycles. The van der Waals surface area contributed by atoms with Crippen LogP contribution in [0.1, 0.15) is 60.3 Å². The first-order chi connectivity index (χ1) is 17.0. The Morgan fingerprint density at radius 1 is 1.19 bits per heavy atom. The van der Waals surface area contributed by atoms with Crippen LogP contribution in [0.4, 0.5) is 24.7 Å². The lowest BCUT2D eigenvalue weighted by atomic mass is 9.94. The Morgan fingerprint density at radius 3 is 2.50 bits per heavy atom. The molecule has 11 heteroatoms. The summed E-state index contributed by atoms with van der Waals surface area (Å²) in [5.74, 6) is -1.04. The van der Waals surface area contributed by atoms with Crippen molar-refractivity contribution in [3.63, 3.8) is 0 Å². The van der Waals surface area contributed by atoms with Gasteiger partial charge in [0, 0.05) is 24.7 Å². The van der Waals surface area contributed by atoms with Gasteiger partial charge in [-0.25, -0.2) is 9.78 Å². The van der Waals surface area contributed by atoms with Crippen molar-refractivity contribution in [2.75, 3.05) is 23.3 Å². The molecule has 1 saturated carbocycles. The van der Waals surface area contributed by atoms with Gasteiger partial charge in [-0.3, -0.25) is 4.79 Å². The summed E-state index contributed by atoms with van der Waals surface area (Å²) in [6, 6.07) is 4.85. The first-order valence-electron chi connectivity index (χ1n) is 11.6. The average Bonchev–Trinajstić information content (AvgIpc) is 3.57. The number of hydrogen-bond acceptors (Lipinski definition) is 6. The van der Waals surface area contributed by atoms with Crippen molar-refractivity contribution in [3.8, 4) is 0 Å². The van der Waals surface area contributed by atoms with Crippen molar-refractivity contribution in [2.45, 2.75) is 44.8 Å². The number of aromatic carboxylic acids is 1. The fourth-order valence-corrected chi connectivity index (χ4v) is 4.96. The summed E-state index contributed by atoms with van der Waals surface area (Å²) in [5.41, 5.74) is -1.40. The highest BCUT2D eigenvalue weighted by Gasteiger charge is 2.44. The summed E-state index contributed by atoms with van der Waals surface area (Å²) >= 11 is 5.81. The largest absolute Gasteiger partial charge is 0.476 e. The number of piperidine rings is 1. The number of carboxylic acids is 1. The van der Waals surface area contributed by atoms with Crippen molar-refractivity contribution in [2.24, 2.45) is 5.41 Å². The van der Waals surface area contributed by atoms with Crippen molar-refractivity contribution in [1.82, 2.24) is 4.98 Å².